The Morgan fingerprint density at radius 1 is 1.03 bits per heavy atom. The molecule has 1 atom stereocenters. The standard InChI is InChI=1S/C23H28N4O5S/c1-16(28)17-6-8-19(9-7-17)25-22(29)18-5-4-12-27(15-18)33(31,32)20-13-21(24-14-20)23(30)26-10-2-3-11-26/h6-9,13-14,18,24H,2-5,10-12,15H2,1H3,(H,25,29)/t18-/m1/s1. The number of rotatable bonds is 6. The van der Waals surface area contributed by atoms with Crippen LogP contribution in [0, 0.1) is 5.92 Å². The molecule has 2 amide bonds. The molecule has 0 saturated carbocycles. The molecule has 0 radical (unpaired) electrons. The number of hydrogen-bond acceptors (Lipinski definition) is 5. The van der Waals surface area contributed by atoms with Gasteiger partial charge in [-0.1, -0.05) is 0 Å². The number of piperidine rings is 1. The molecule has 3 heterocycles. The molecule has 4 rings (SSSR count). The predicted molar refractivity (Wildman–Crippen MR) is 122 cm³/mol. The first-order chi connectivity index (χ1) is 15.8. The fourth-order valence-electron chi connectivity index (χ4n) is 4.29. The molecule has 1 aromatic carbocycles. The van der Waals surface area contributed by atoms with Crippen LogP contribution in [0.1, 0.15) is 53.5 Å². The summed E-state index contributed by atoms with van der Waals surface area (Å²) in [6, 6.07) is 7.98. The predicted octanol–water partition coefficient (Wildman–Crippen LogP) is 2.49. The van der Waals surface area contributed by atoms with Crippen LogP contribution >= 0.6 is 0 Å². The van der Waals surface area contributed by atoms with Crippen LogP contribution in [0.3, 0.4) is 0 Å². The number of likely N-dealkylation sites (tertiary alicyclic amines) is 1. The highest BCUT2D eigenvalue weighted by molar-refractivity contribution is 7.89. The van der Waals surface area contributed by atoms with E-state index in [0.29, 0.717) is 43.7 Å². The maximum atomic E-state index is 13.2. The number of benzene rings is 1. The Balaban J connectivity index is 1.42. The number of amides is 2. The molecule has 2 fully saturated rings. The first-order valence-corrected chi connectivity index (χ1v) is 12.6. The number of ketones is 1. The number of carbonyl (C=O) groups is 3. The summed E-state index contributed by atoms with van der Waals surface area (Å²) < 4.78 is 27.7. The molecule has 0 unspecified atom stereocenters. The van der Waals surface area contributed by atoms with Gasteiger partial charge in [0.05, 0.1) is 5.92 Å². The molecule has 10 heteroatoms. The Hall–Kier alpha value is -2.98. The van der Waals surface area contributed by atoms with Crippen LogP contribution < -0.4 is 5.32 Å². The Morgan fingerprint density at radius 3 is 2.39 bits per heavy atom. The first kappa shape index (κ1) is 23.2. The molecule has 0 bridgehead atoms. The summed E-state index contributed by atoms with van der Waals surface area (Å²) in [6.45, 7) is 3.22. The van der Waals surface area contributed by atoms with Crippen LogP contribution in [-0.4, -0.2) is 66.4 Å². The molecule has 176 valence electrons. The van der Waals surface area contributed by atoms with E-state index in [-0.39, 0.29) is 34.7 Å². The van der Waals surface area contributed by atoms with Crippen LogP contribution in [0.5, 0.6) is 0 Å². The highest BCUT2D eigenvalue weighted by atomic mass is 32.2. The summed E-state index contributed by atoms with van der Waals surface area (Å²) in [4.78, 5) is 41.3. The van der Waals surface area contributed by atoms with Crippen molar-refractivity contribution >= 4 is 33.3 Å². The normalized spacial score (nSPS) is 19.4. The lowest BCUT2D eigenvalue weighted by Crippen LogP contribution is -2.43. The molecule has 2 aliphatic rings. The molecule has 0 aliphatic carbocycles. The molecular weight excluding hydrogens is 444 g/mol. The number of nitrogens with one attached hydrogen (secondary N) is 2. The van der Waals surface area contributed by atoms with Crippen molar-refractivity contribution < 1.29 is 22.8 Å². The van der Waals surface area contributed by atoms with Crippen molar-refractivity contribution in [2.75, 3.05) is 31.5 Å². The average Bonchev–Trinajstić information content (AvgIpc) is 3.52. The summed E-state index contributed by atoms with van der Waals surface area (Å²) in [7, 11) is -3.84. The van der Waals surface area contributed by atoms with Gasteiger partial charge >= 0.3 is 0 Å². The molecule has 2 saturated heterocycles. The van der Waals surface area contributed by atoms with Gasteiger partial charge in [0, 0.05) is 43.6 Å². The number of sulfonamides is 1. The second-order valence-electron chi connectivity index (χ2n) is 8.57. The van der Waals surface area contributed by atoms with E-state index in [2.05, 4.69) is 10.3 Å². The average molecular weight is 473 g/mol. The summed E-state index contributed by atoms with van der Waals surface area (Å²) in [5.74, 6) is -1.01. The van der Waals surface area contributed by atoms with Gasteiger partial charge in [0.25, 0.3) is 5.91 Å². The van der Waals surface area contributed by atoms with E-state index in [1.165, 1.54) is 23.5 Å². The number of Topliss-reactive ketones (excluding diaryl/α,β-unsaturated/α-hetero) is 1. The molecular formula is C23H28N4O5S. The minimum Gasteiger partial charge on any atom is -0.356 e. The fourth-order valence-corrected chi connectivity index (χ4v) is 5.81. The first-order valence-electron chi connectivity index (χ1n) is 11.2. The van der Waals surface area contributed by atoms with E-state index >= 15 is 0 Å². The van der Waals surface area contributed by atoms with Gasteiger partial charge in [0.1, 0.15) is 10.6 Å². The Morgan fingerprint density at radius 2 is 1.73 bits per heavy atom. The second-order valence-corrected chi connectivity index (χ2v) is 10.5. The monoisotopic (exact) mass is 472 g/mol. The third-order valence-electron chi connectivity index (χ3n) is 6.23. The van der Waals surface area contributed by atoms with Crippen LogP contribution in [0.25, 0.3) is 0 Å². The van der Waals surface area contributed by atoms with Crippen LogP contribution in [0.4, 0.5) is 5.69 Å². The molecule has 0 spiro atoms. The van der Waals surface area contributed by atoms with Crippen molar-refractivity contribution in [2.45, 2.75) is 37.5 Å². The molecule has 2 aromatic rings. The Bertz CT molecular complexity index is 1150. The van der Waals surface area contributed by atoms with Crippen molar-refractivity contribution in [3.05, 3.63) is 47.8 Å². The summed E-state index contributed by atoms with van der Waals surface area (Å²) >= 11 is 0. The fraction of sp³-hybridized carbons (Fsp3) is 0.435. The SMILES string of the molecule is CC(=O)c1ccc(NC(=O)[C@@H]2CCCN(S(=O)(=O)c3c[nH]c(C(=O)N4CCCC4)c3)C2)cc1. The van der Waals surface area contributed by atoms with Crippen molar-refractivity contribution in [1.82, 2.24) is 14.2 Å². The van der Waals surface area contributed by atoms with Gasteiger partial charge in [-0.2, -0.15) is 4.31 Å². The van der Waals surface area contributed by atoms with Crippen LogP contribution in [0.2, 0.25) is 0 Å². The third-order valence-corrected chi connectivity index (χ3v) is 8.07. The van der Waals surface area contributed by atoms with Gasteiger partial charge < -0.3 is 15.2 Å². The maximum absolute atomic E-state index is 13.2. The quantitative estimate of drug-likeness (QED) is 0.626. The maximum Gasteiger partial charge on any atom is 0.270 e. The topological polar surface area (TPSA) is 120 Å². The van der Waals surface area contributed by atoms with E-state index in [4.69, 9.17) is 0 Å². The molecule has 33 heavy (non-hydrogen) atoms. The van der Waals surface area contributed by atoms with Gasteiger partial charge in [-0.3, -0.25) is 14.4 Å². The molecule has 2 aliphatic heterocycles. The van der Waals surface area contributed by atoms with Gasteiger partial charge in [0.15, 0.2) is 5.78 Å². The number of aromatic amines is 1. The van der Waals surface area contributed by atoms with Crippen molar-refractivity contribution in [3.8, 4) is 0 Å². The molecule has 9 nitrogen and oxygen atoms in total. The highest BCUT2D eigenvalue weighted by Gasteiger charge is 2.34. The zero-order valence-corrected chi connectivity index (χ0v) is 19.4. The number of aromatic nitrogens is 1. The minimum absolute atomic E-state index is 0.0333. The van der Waals surface area contributed by atoms with Crippen LogP contribution in [0.15, 0.2) is 41.4 Å². The van der Waals surface area contributed by atoms with E-state index in [1.807, 2.05) is 0 Å². The van der Waals surface area contributed by atoms with Gasteiger partial charge in [-0.05, 0) is 62.9 Å². The Kier molecular flexibility index (Phi) is 6.66. The van der Waals surface area contributed by atoms with Gasteiger partial charge in [-0.25, -0.2) is 8.42 Å². The molecule has 2 N–H and O–H groups in total. The van der Waals surface area contributed by atoms with E-state index in [9.17, 15) is 22.8 Å². The van der Waals surface area contributed by atoms with Crippen molar-refractivity contribution in [2.24, 2.45) is 5.92 Å². The van der Waals surface area contributed by atoms with Gasteiger partial charge in [-0.15, -0.1) is 0 Å². The number of H-pyrrole nitrogens is 1. The zero-order chi connectivity index (χ0) is 23.6. The lowest BCUT2D eigenvalue weighted by atomic mass is 9.98. The summed E-state index contributed by atoms with van der Waals surface area (Å²) in [6.07, 6.45) is 4.39. The van der Waals surface area contributed by atoms with Crippen molar-refractivity contribution in [3.63, 3.8) is 0 Å². The lowest BCUT2D eigenvalue weighted by molar-refractivity contribution is -0.120. The highest BCUT2D eigenvalue weighted by Crippen LogP contribution is 2.26. The van der Waals surface area contributed by atoms with Crippen LogP contribution in [-0.2, 0) is 14.8 Å². The summed E-state index contributed by atoms with van der Waals surface area (Å²) in [5.41, 5.74) is 1.37. The number of carbonyl (C=O) groups excluding carboxylic acids is 3. The zero-order valence-electron chi connectivity index (χ0n) is 18.5. The van der Waals surface area contributed by atoms with E-state index in [1.54, 1.807) is 29.2 Å². The number of nitrogens with zero attached hydrogens (tertiary/aromatic N) is 2. The number of anilines is 1. The minimum atomic E-state index is -3.84. The number of hydrogen-bond donors (Lipinski definition) is 2. The Labute approximate surface area is 193 Å². The third kappa shape index (κ3) is 5.01. The second kappa shape index (κ2) is 9.48. The largest absolute Gasteiger partial charge is 0.356 e. The lowest BCUT2D eigenvalue weighted by Gasteiger charge is -2.31. The smallest absolute Gasteiger partial charge is 0.270 e. The van der Waals surface area contributed by atoms with E-state index < -0.39 is 15.9 Å². The van der Waals surface area contributed by atoms with Gasteiger partial charge in [0.2, 0.25) is 15.9 Å². The van der Waals surface area contributed by atoms with Crippen molar-refractivity contribution in [1.29, 1.82) is 0 Å². The van der Waals surface area contributed by atoms with E-state index in [0.717, 1.165) is 12.8 Å². The summed E-state index contributed by atoms with van der Waals surface area (Å²) in [5, 5.41) is 2.81. The molecule has 1 aromatic heterocycles.